The molecule has 1 aliphatic carbocycles. The number of nitrogens with one attached hydrogen (secondary N) is 1. The fraction of sp³-hybridized carbons (Fsp3) is 0.619. The summed E-state index contributed by atoms with van der Waals surface area (Å²) in [7, 11) is 3.45. The van der Waals surface area contributed by atoms with E-state index in [4.69, 9.17) is 9.47 Å². The Kier molecular flexibility index (Phi) is 5.29. The van der Waals surface area contributed by atoms with Gasteiger partial charge >= 0.3 is 0 Å². The maximum Gasteiger partial charge on any atom is 0.224 e. The lowest BCUT2D eigenvalue weighted by Gasteiger charge is -2.37. The molecule has 1 saturated heterocycles. The molecular weight excluding hydrogens is 360 g/mol. The van der Waals surface area contributed by atoms with Crippen molar-refractivity contribution in [1.82, 2.24) is 4.90 Å². The van der Waals surface area contributed by atoms with Crippen molar-refractivity contribution >= 4 is 17.5 Å². The molecule has 1 saturated carbocycles. The molecule has 0 aromatic heterocycles. The molecule has 1 aromatic rings. The number of aliphatic hydroxyl groups is 1. The molecular formula is C21H28N2O5. The molecule has 2 heterocycles. The molecule has 4 rings (SSSR count). The van der Waals surface area contributed by atoms with Crippen molar-refractivity contribution in [2.24, 2.45) is 5.92 Å². The zero-order valence-electron chi connectivity index (χ0n) is 16.4. The highest BCUT2D eigenvalue weighted by Crippen LogP contribution is 2.47. The van der Waals surface area contributed by atoms with Crippen LogP contribution in [-0.4, -0.2) is 60.8 Å². The Morgan fingerprint density at radius 3 is 2.71 bits per heavy atom. The van der Waals surface area contributed by atoms with E-state index in [1.165, 1.54) is 0 Å². The van der Waals surface area contributed by atoms with Crippen molar-refractivity contribution in [1.29, 1.82) is 0 Å². The van der Waals surface area contributed by atoms with Gasteiger partial charge in [-0.25, -0.2) is 0 Å². The number of amides is 2. The van der Waals surface area contributed by atoms with Gasteiger partial charge in [0.25, 0.3) is 0 Å². The van der Waals surface area contributed by atoms with Crippen LogP contribution in [0.5, 0.6) is 5.75 Å². The molecule has 0 spiro atoms. The van der Waals surface area contributed by atoms with Crippen molar-refractivity contribution in [2.75, 3.05) is 26.0 Å². The molecule has 28 heavy (non-hydrogen) atoms. The Hall–Kier alpha value is -2.12. The number of fused-ring (bicyclic) bond motifs is 3. The minimum atomic E-state index is -0.473. The van der Waals surface area contributed by atoms with E-state index in [0.717, 1.165) is 29.8 Å². The van der Waals surface area contributed by atoms with Crippen LogP contribution in [0.2, 0.25) is 0 Å². The number of benzene rings is 1. The third-order valence-electron chi connectivity index (χ3n) is 5.86. The third-order valence-corrected chi connectivity index (χ3v) is 5.86. The molecule has 3 aliphatic rings. The van der Waals surface area contributed by atoms with E-state index >= 15 is 0 Å². The van der Waals surface area contributed by atoms with Gasteiger partial charge in [-0.15, -0.1) is 0 Å². The molecule has 2 aliphatic heterocycles. The van der Waals surface area contributed by atoms with E-state index < -0.39 is 6.10 Å². The molecule has 7 nitrogen and oxygen atoms in total. The first-order valence-corrected chi connectivity index (χ1v) is 10.0. The summed E-state index contributed by atoms with van der Waals surface area (Å²) in [5.41, 5.74) is 1.78. The van der Waals surface area contributed by atoms with Crippen molar-refractivity contribution in [3.05, 3.63) is 23.8 Å². The molecule has 4 atom stereocenters. The number of carbonyl (C=O) groups excluding carboxylic acids is 2. The zero-order chi connectivity index (χ0) is 19.8. The van der Waals surface area contributed by atoms with Crippen molar-refractivity contribution in [3.63, 3.8) is 0 Å². The van der Waals surface area contributed by atoms with Gasteiger partial charge in [-0.1, -0.05) is 0 Å². The van der Waals surface area contributed by atoms with Crippen LogP contribution in [0.25, 0.3) is 0 Å². The minimum absolute atomic E-state index is 0.000341. The van der Waals surface area contributed by atoms with Crippen LogP contribution in [0.4, 0.5) is 5.69 Å². The van der Waals surface area contributed by atoms with Crippen LogP contribution in [0, 0.1) is 5.92 Å². The van der Waals surface area contributed by atoms with E-state index in [-0.39, 0.29) is 43.0 Å². The highest BCUT2D eigenvalue weighted by atomic mass is 16.6. The molecule has 152 valence electrons. The maximum atomic E-state index is 12.1. The molecule has 2 fully saturated rings. The second-order valence-electron chi connectivity index (χ2n) is 8.34. The van der Waals surface area contributed by atoms with E-state index in [9.17, 15) is 14.7 Å². The number of ether oxygens (including phenoxy) is 2. The number of nitrogens with zero attached hydrogens (tertiary/aromatic N) is 1. The Labute approximate surface area is 165 Å². The highest BCUT2D eigenvalue weighted by Gasteiger charge is 2.46. The Balaban J connectivity index is 1.50. The highest BCUT2D eigenvalue weighted by molar-refractivity contribution is 5.91. The fourth-order valence-corrected chi connectivity index (χ4v) is 4.14. The quantitative estimate of drug-likeness (QED) is 0.777. The van der Waals surface area contributed by atoms with Crippen LogP contribution in [0.3, 0.4) is 0 Å². The molecule has 7 heteroatoms. The second kappa shape index (κ2) is 7.72. The van der Waals surface area contributed by atoms with E-state index in [0.29, 0.717) is 18.8 Å². The van der Waals surface area contributed by atoms with Crippen LogP contribution < -0.4 is 10.1 Å². The van der Waals surface area contributed by atoms with E-state index in [2.05, 4.69) is 5.32 Å². The average molecular weight is 388 g/mol. The molecule has 1 aromatic carbocycles. The normalized spacial score (nSPS) is 28.1. The Bertz CT molecular complexity index is 761. The number of hydrogen-bond acceptors (Lipinski definition) is 5. The summed E-state index contributed by atoms with van der Waals surface area (Å²) in [6.07, 6.45) is 2.77. The molecule has 0 bridgehead atoms. The lowest BCUT2D eigenvalue weighted by Crippen LogP contribution is -2.47. The summed E-state index contributed by atoms with van der Waals surface area (Å²) in [6.45, 7) is -0.160. The monoisotopic (exact) mass is 388 g/mol. The summed E-state index contributed by atoms with van der Waals surface area (Å²) in [5, 5.41) is 12.8. The molecule has 2 N–H and O–H groups in total. The van der Waals surface area contributed by atoms with E-state index in [1.54, 1.807) is 19.0 Å². The first-order chi connectivity index (χ1) is 13.4. The average Bonchev–Trinajstić information content (AvgIpc) is 3.39. The van der Waals surface area contributed by atoms with Gasteiger partial charge in [0, 0.05) is 37.7 Å². The van der Waals surface area contributed by atoms with E-state index in [1.807, 2.05) is 18.2 Å². The number of aliphatic hydroxyl groups excluding tert-OH is 1. The summed E-state index contributed by atoms with van der Waals surface area (Å²) in [4.78, 5) is 25.8. The van der Waals surface area contributed by atoms with Gasteiger partial charge in [0.15, 0.2) is 0 Å². The lowest BCUT2D eigenvalue weighted by molar-refractivity contribution is -0.147. The first-order valence-electron chi connectivity index (χ1n) is 10.0. The topological polar surface area (TPSA) is 88.1 Å². The fourth-order valence-electron chi connectivity index (χ4n) is 4.14. The van der Waals surface area contributed by atoms with Crippen LogP contribution >= 0.6 is 0 Å². The van der Waals surface area contributed by atoms with Gasteiger partial charge in [-0.05, 0) is 43.4 Å². The van der Waals surface area contributed by atoms with Crippen molar-refractivity contribution in [2.45, 2.75) is 56.3 Å². The molecule has 0 radical (unpaired) electrons. The van der Waals surface area contributed by atoms with Gasteiger partial charge in [-0.3, -0.25) is 9.59 Å². The van der Waals surface area contributed by atoms with Crippen molar-refractivity contribution < 1.29 is 24.2 Å². The number of anilines is 1. The molecule has 2 amide bonds. The van der Waals surface area contributed by atoms with Gasteiger partial charge in [0.2, 0.25) is 11.8 Å². The smallest absolute Gasteiger partial charge is 0.224 e. The Morgan fingerprint density at radius 1 is 1.25 bits per heavy atom. The summed E-state index contributed by atoms with van der Waals surface area (Å²) in [5.74, 6) is 1.38. The number of carbonyl (C=O) groups is 2. The largest absolute Gasteiger partial charge is 0.487 e. The van der Waals surface area contributed by atoms with Gasteiger partial charge in [-0.2, -0.15) is 0 Å². The Morgan fingerprint density at radius 2 is 2.04 bits per heavy atom. The first kappa shape index (κ1) is 19.2. The van der Waals surface area contributed by atoms with Crippen LogP contribution in [0.1, 0.15) is 43.6 Å². The van der Waals surface area contributed by atoms with Gasteiger partial charge < -0.3 is 24.8 Å². The second-order valence-corrected chi connectivity index (χ2v) is 8.34. The van der Waals surface area contributed by atoms with Crippen LogP contribution in [-0.2, 0) is 14.3 Å². The van der Waals surface area contributed by atoms with Crippen molar-refractivity contribution in [3.8, 4) is 5.75 Å². The van der Waals surface area contributed by atoms with Gasteiger partial charge in [0.05, 0.1) is 19.1 Å². The summed E-state index contributed by atoms with van der Waals surface area (Å²) < 4.78 is 12.0. The SMILES string of the molecule is CN(C)C(=O)C[C@@H]1C[C@H]2c3cc(NC(=O)CC4CC4)ccc3O[C@H]2[C@@H](CO)O1. The van der Waals surface area contributed by atoms with Crippen LogP contribution in [0.15, 0.2) is 18.2 Å². The lowest BCUT2D eigenvalue weighted by atomic mass is 9.84. The summed E-state index contributed by atoms with van der Waals surface area (Å²) >= 11 is 0. The number of rotatable bonds is 6. The standard InChI is InChI=1S/C21H28N2O5/c1-23(2)20(26)10-14-9-16-15-8-13(22-19(25)7-12-3-4-12)5-6-17(15)28-21(16)18(11-24)27-14/h5-6,8,12,14,16,18,21,24H,3-4,7,9-11H2,1-2H3,(H,22,25)/t14-,16-,18+,21+/m0/s1. The third kappa shape index (κ3) is 4.00. The zero-order valence-corrected chi connectivity index (χ0v) is 16.4. The predicted molar refractivity (Wildman–Crippen MR) is 103 cm³/mol. The molecule has 0 unspecified atom stereocenters. The minimum Gasteiger partial charge on any atom is -0.487 e. The predicted octanol–water partition coefficient (Wildman–Crippen LogP) is 1.90. The van der Waals surface area contributed by atoms with Gasteiger partial charge in [0.1, 0.15) is 18.0 Å². The maximum absolute atomic E-state index is 12.1. The summed E-state index contributed by atoms with van der Waals surface area (Å²) in [6, 6.07) is 5.69. The number of hydrogen-bond donors (Lipinski definition) is 2.